The van der Waals surface area contributed by atoms with Crippen molar-refractivity contribution in [2.24, 2.45) is 5.92 Å². The number of aromatic hydroxyl groups is 1. The molecule has 2 aromatic rings. The van der Waals surface area contributed by atoms with E-state index in [4.69, 9.17) is 4.74 Å². The molecule has 5 heteroatoms. The fourth-order valence-electron chi connectivity index (χ4n) is 4.20. The van der Waals surface area contributed by atoms with Gasteiger partial charge in [0.2, 0.25) is 5.91 Å². The lowest BCUT2D eigenvalue weighted by Crippen LogP contribution is -2.30. The number of hydrogen-bond donors (Lipinski definition) is 2. The van der Waals surface area contributed by atoms with E-state index in [9.17, 15) is 14.3 Å². The van der Waals surface area contributed by atoms with E-state index in [1.165, 1.54) is 12.1 Å². The van der Waals surface area contributed by atoms with Crippen molar-refractivity contribution in [3.8, 4) is 11.5 Å². The summed E-state index contributed by atoms with van der Waals surface area (Å²) in [6.45, 7) is 0. The van der Waals surface area contributed by atoms with Crippen molar-refractivity contribution in [2.75, 3.05) is 0 Å². The highest BCUT2D eigenvalue weighted by Gasteiger charge is 2.62. The highest BCUT2D eigenvalue weighted by Crippen LogP contribution is 2.58. The minimum absolute atomic E-state index is 0.0410. The zero-order valence-corrected chi connectivity index (χ0v) is 12.8. The van der Waals surface area contributed by atoms with Crippen LogP contribution < -0.4 is 10.1 Å². The topological polar surface area (TPSA) is 58.6 Å². The van der Waals surface area contributed by atoms with Crippen molar-refractivity contribution in [2.45, 2.75) is 30.9 Å². The van der Waals surface area contributed by atoms with Crippen molar-refractivity contribution in [3.63, 3.8) is 0 Å². The smallest absolute Gasteiger partial charge is 0.228 e. The van der Waals surface area contributed by atoms with Gasteiger partial charge in [-0.15, -0.1) is 0 Å². The van der Waals surface area contributed by atoms with Gasteiger partial charge in [-0.25, -0.2) is 4.39 Å². The molecule has 1 saturated carbocycles. The van der Waals surface area contributed by atoms with Crippen LogP contribution in [-0.2, 0) is 11.2 Å². The van der Waals surface area contributed by atoms with Gasteiger partial charge in [-0.1, -0.05) is 12.1 Å². The van der Waals surface area contributed by atoms with Crippen LogP contribution in [0.25, 0.3) is 0 Å². The molecule has 0 spiro atoms. The average molecular weight is 325 g/mol. The summed E-state index contributed by atoms with van der Waals surface area (Å²) in [5.41, 5.74) is 2.70. The maximum atomic E-state index is 13.4. The van der Waals surface area contributed by atoms with Gasteiger partial charge in [-0.3, -0.25) is 4.79 Å². The summed E-state index contributed by atoms with van der Waals surface area (Å²) in [5, 5.41) is 13.0. The monoisotopic (exact) mass is 325 g/mol. The summed E-state index contributed by atoms with van der Waals surface area (Å²) >= 11 is 0. The first-order chi connectivity index (χ1) is 11.6. The number of nitrogens with one attached hydrogen (secondary N) is 1. The van der Waals surface area contributed by atoms with Gasteiger partial charge in [0.05, 0.1) is 12.0 Å². The highest BCUT2D eigenvalue weighted by molar-refractivity contribution is 5.86. The molecule has 0 radical (unpaired) electrons. The summed E-state index contributed by atoms with van der Waals surface area (Å²) in [4.78, 5) is 12.6. The van der Waals surface area contributed by atoms with Crippen LogP contribution in [-0.4, -0.2) is 17.1 Å². The summed E-state index contributed by atoms with van der Waals surface area (Å²) in [5.74, 6) is 0.332. The second-order valence-electron chi connectivity index (χ2n) is 6.76. The minimum Gasteiger partial charge on any atom is -0.508 e. The van der Waals surface area contributed by atoms with E-state index < -0.39 is 0 Å². The van der Waals surface area contributed by atoms with E-state index in [0.29, 0.717) is 11.5 Å². The molecule has 4 unspecified atom stereocenters. The number of carbonyl (C=O) groups is 1. The Bertz CT molecular complexity index is 866. The van der Waals surface area contributed by atoms with Gasteiger partial charge >= 0.3 is 0 Å². The fourth-order valence-corrected chi connectivity index (χ4v) is 4.20. The molecule has 4 atom stereocenters. The number of fused-ring (bicyclic) bond motifs is 4. The van der Waals surface area contributed by atoms with E-state index in [0.717, 1.165) is 29.5 Å². The second-order valence-corrected chi connectivity index (χ2v) is 6.76. The molecular formula is C19H16FNO3. The van der Waals surface area contributed by atoms with Crippen LogP contribution >= 0.6 is 0 Å². The Labute approximate surface area is 138 Å². The van der Waals surface area contributed by atoms with E-state index in [1.807, 2.05) is 6.07 Å². The number of carbonyl (C=O) groups excluding carboxylic acids is 1. The average Bonchev–Trinajstić information content (AvgIpc) is 2.92. The van der Waals surface area contributed by atoms with Gasteiger partial charge < -0.3 is 15.2 Å². The molecule has 2 aliphatic carbocycles. The van der Waals surface area contributed by atoms with Crippen molar-refractivity contribution >= 4 is 5.91 Å². The predicted molar refractivity (Wildman–Crippen MR) is 84.4 cm³/mol. The molecule has 1 heterocycles. The van der Waals surface area contributed by atoms with Crippen LogP contribution in [0, 0.1) is 11.7 Å². The number of ether oxygens (including phenoxy) is 1. The van der Waals surface area contributed by atoms with Gasteiger partial charge in [0, 0.05) is 11.5 Å². The molecule has 0 aromatic heterocycles. The van der Waals surface area contributed by atoms with E-state index in [2.05, 4.69) is 5.32 Å². The van der Waals surface area contributed by atoms with Gasteiger partial charge in [0.25, 0.3) is 0 Å². The number of phenols is 1. The van der Waals surface area contributed by atoms with Crippen LogP contribution in [0.2, 0.25) is 0 Å². The molecule has 0 bridgehead atoms. The molecule has 122 valence electrons. The first-order valence-electron chi connectivity index (χ1n) is 8.21. The van der Waals surface area contributed by atoms with Gasteiger partial charge in [-0.2, -0.15) is 0 Å². The predicted octanol–water partition coefficient (Wildman–Crippen LogP) is 2.81. The Kier molecular flexibility index (Phi) is 2.72. The molecular weight excluding hydrogens is 309 g/mol. The Morgan fingerprint density at radius 2 is 2.12 bits per heavy atom. The minimum atomic E-state index is -0.302. The van der Waals surface area contributed by atoms with Crippen LogP contribution in [0.1, 0.15) is 35.1 Å². The molecule has 1 amide bonds. The van der Waals surface area contributed by atoms with Gasteiger partial charge in [-0.05, 0) is 48.2 Å². The van der Waals surface area contributed by atoms with E-state index in [1.54, 1.807) is 18.2 Å². The first-order valence-corrected chi connectivity index (χ1v) is 8.21. The third kappa shape index (κ3) is 1.87. The molecule has 0 saturated heterocycles. The number of amides is 1. The molecule has 1 fully saturated rings. The molecule has 24 heavy (non-hydrogen) atoms. The highest BCUT2D eigenvalue weighted by atomic mass is 19.1. The Morgan fingerprint density at radius 1 is 1.25 bits per heavy atom. The number of rotatable bonds is 2. The first kappa shape index (κ1) is 13.8. The van der Waals surface area contributed by atoms with Crippen molar-refractivity contribution in [3.05, 3.63) is 58.9 Å². The van der Waals surface area contributed by atoms with Crippen molar-refractivity contribution in [1.29, 1.82) is 0 Å². The van der Waals surface area contributed by atoms with Crippen LogP contribution in [0.15, 0.2) is 36.4 Å². The summed E-state index contributed by atoms with van der Waals surface area (Å²) < 4.78 is 19.2. The molecule has 1 aliphatic heterocycles. The molecule has 4 nitrogen and oxygen atoms in total. The van der Waals surface area contributed by atoms with Crippen molar-refractivity contribution in [1.82, 2.24) is 5.32 Å². The molecule has 5 rings (SSSR count). The zero-order valence-electron chi connectivity index (χ0n) is 12.8. The van der Waals surface area contributed by atoms with Gasteiger partial charge in [0.15, 0.2) is 0 Å². The second kappa shape index (κ2) is 4.72. The van der Waals surface area contributed by atoms with Crippen molar-refractivity contribution < 1.29 is 19.0 Å². The largest absolute Gasteiger partial charge is 0.508 e. The number of halogens is 1. The maximum Gasteiger partial charge on any atom is 0.228 e. The van der Waals surface area contributed by atoms with Crippen LogP contribution in [0.5, 0.6) is 11.5 Å². The Hall–Kier alpha value is -2.56. The summed E-state index contributed by atoms with van der Waals surface area (Å²) in [6.07, 6.45) is 1.37. The Morgan fingerprint density at radius 3 is 3.00 bits per heavy atom. The lowest BCUT2D eigenvalue weighted by molar-refractivity contribution is -0.123. The third-order valence-corrected chi connectivity index (χ3v) is 5.41. The number of benzene rings is 2. The summed E-state index contributed by atoms with van der Waals surface area (Å²) in [7, 11) is 0. The van der Waals surface area contributed by atoms with E-state index >= 15 is 0 Å². The van der Waals surface area contributed by atoms with Crippen LogP contribution in [0.3, 0.4) is 0 Å². The fraction of sp³-hybridized carbons (Fsp3) is 0.316. The summed E-state index contributed by atoms with van der Waals surface area (Å²) in [6, 6.07) is 9.81. The van der Waals surface area contributed by atoms with Crippen LogP contribution in [0.4, 0.5) is 4.39 Å². The zero-order chi connectivity index (χ0) is 16.4. The quantitative estimate of drug-likeness (QED) is 0.893. The number of hydrogen-bond acceptors (Lipinski definition) is 3. The lowest BCUT2D eigenvalue weighted by atomic mass is 10.1. The Balaban J connectivity index is 1.34. The molecule has 3 aliphatic rings. The molecule has 2 N–H and O–H groups in total. The lowest BCUT2D eigenvalue weighted by Gasteiger charge is -2.15. The normalized spacial score (nSPS) is 28.5. The molecule has 2 aromatic carbocycles. The maximum absolute atomic E-state index is 13.4. The third-order valence-electron chi connectivity index (χ3n) is 5.41. The van der Waals surface area contributed by atoms with E-state index in [-0.39, 0.29) is 35.7 Å². The van der Waals surface area contributed by atoms with Gasteiger partial charge in [0.1, 0.15) is 23.4 Å². The number of phenolic OH excluding ortho intramolecular Hbond substituents is 1. The standard InChI is InChI=1S/C19H16FNO3/c20-9-4-7-15-12(8-9)16-17(18(16)24-15)19(23)21-13-6-5-11-10(13)2-1-3-14(11)22/h1-4,7-8,13,16-18,22H,5-6H2,(H,21,23). The SMILES string of the molecule is O=C(NC1CCc2c(O)cccc21)C1C2Oc3ccc(F)cc3C21.